The number of hydrogen-bond donors (Lipinski definition) is 1. The van der Waals surface area contributed by atoms with Crippen LogP contribution in [0.2, 0.25) is 5.02 Å². The number of thiazole rings is 1. The van der Waals surface area contributed by atoms with Crippen molar-refractivity contribution >= 4 is 28.8 Å². The van der Waals surface area contributed by atoms with Gasteiger partial charge in [-0.1, -0.05) is 29.8 Å². The molecule has 3 rings (SSSR count). The molecule has 0 saturated carbocycles. The lowest BCUT2D eigenvalue weighted by Crippen LogP contribution is -2.23. The van der Waals surface area contributed by atoms with Crippen LogP contribution in [-0.2, 0) is 6.54 Å². The zero-order chi connectivity index (χ0) is 15.4. The second-order valence-electron chi connectivity index (χ2n) is 4.55. The fourth-order valence-electron chi connectivity index (χ4n) is 1.87. The molecule has 0 saturated heterocycles. The molecule has 0 aliphatic heterocycles. The van der Waals surface area contributed by atoms with E-state index < -0.39 is 0 Å². The van der Waals surface area contributed by atoms with Gasteiger partial charge in [-0.05, 0) is 24.3 Å². The predicted molar refractivity (Wildman–Crippen MR) is 88.0 cm³/mol. The fourth-order valence-corrected chi connectivity index (χ4v) is 2.80. The molecule has 2 heterocycles. The summed E-state index contributed by atoms with van der Waals surface area (Å²) in [5.41, 5.74) is 2.16. The molecule has 0 fully saturated rings. The van der Waals surface area contributed by atoms with Crippen molar-refractivity contribution in [1.82, 2.24) is 15.3 Å². The highest BCUT2D eigenvalue weighted by atomic mass is 35.5. The molecule has 0 aliphatic rings. The minimum atomic E-state index is -0.206. The number of carbonyl (C=O) groups excluding carboxylic acids is 1. The van der Waals surface area contributed by atoms with E-state index in [1.165, 1.54) is 11.3 Å². The molecule has 2 aromatic heterocycles. The van der Waals surface area contributed by atoms with Crippen LogP contribution in [0.4, 0.5) is 0 Å². The molecule has 4 nitrogen and oxygen atoms in total. The molecule has 0 bridgehead atoms. The van der Waals surface area contributed by atoms with E-state index in [0.29, 0.717) is 17.3 Å². The summed E-state index contributed by atoms with van der Waals surface area (Å²) in [5.74, 6) is -0.206. The number of rotatable bonds is 4. The molecule has 0 spiro atoms. The number of nitrogens with zero attached hydrogens (tertiary/aromatic N) is 2. The summed E-state index contributed by atoms with van der Waals surface area (Å²) in [6.07, 6.45) is 1.70. The van der Waals surface area contributed by atoms with Crippen molar-refractivity contribution in [3.05, 3.63) is 70.5 Å². The molecule has 22 heavy (non-hydrogen) atoms. The van der Waals surface area contributed by atoms with E-state index in [9.17, 15) is 4.79 Å². The molecule has 1 amide bonds. The van der Waals surface area contributed by atoms with Crippen LogP contribution in [0.1, 0.15) is 16.2 Å². The third-order valence-corrected chi connectivity index (χ3v) is 4.13. The van der Waals surface area contributed by atoms with Crippen LogP contribution in [0.15, 0.2) is 54.0 Å². The Bertz CT molecular complexity index is 772. The molecule has 110 valence electrons. The van der Waals surface area contributed by atoms with Gasteiger partial charge in [-0.2, -0.15) is 0 Å². The minimum Gasteiger partial charge on any atom is -0.345 e. The van der Waals surface area contributed by atoms with Gasteiger partial charge >= 0.3 is 0 Å². The van der Waals surface area contributed by atoms with Crippen LogP contribution >= 0.6 is 22.9 Å². The first-order valence-electron chi connectivity index (χ1n) is 6.62. The van der Waals surface area contributed by atoms with Gasteiger partial charge in [0.25, 0.3) is 5.91 Å². The smallest absolute Gasteiger partial charge is 0.271 e. The maximum Gasteiger partial charge on any atom is 0.271 e. The normalized spacial score (nSPS) is 10.4. The van der Waals surface area contributed by atoms with E-state index in [0.717, 1.165) is 16.3 Å². The zero-order valence-corrected chi connectivity index (χ0v) is 13.1. The van der Waals surface area contributed by atoms with E-state index in [2.05, 4.69) is 15.3 Å². The lowest BCUT2D eigenvalue weighted by atomic mass is 10.2. The van der Waals surface area contributed by atoms with Crippen molar-refractivity contribution in [2.24, 2.45) is 0 Å². The highest BCUT2D eigenvalue weighted by Crippen LogP contribution is 2.25. The number of benzene rings is 1. The Balaban J connectivity index is 1.68. The van der Waals surface area contributed by atoms with E-state index >= 15 is 0 Å². The van der Waals surface area contributed by atoms with Gasteiger partial charge < -0.3 is 5.32 Å². The Labute approximate surface area is 136 Å². The van der Waals surface area contributed by atoms with E-state index in [4.69, 9.17) is 11.6 Å². The summed E-state index contributed by atoms with van der Waals surface area (Å²) in [6.45, 7) is 0.382. The largest absolute Gasteiger partial charge is 0.345 e. The van der Waals surface area contributed by atoms with Gasteiger partial charge in [0.2, 0.25) is 0 Å². The first-order chi connectivity index (χ1) is 10.7. The second kappa shape index (κ2) is 6.68. The topological polar surface area (TPSA) is 54.9 Å². The lowest BCUT2D eigenvalue weighted by Gasteiger charge is -2.02. The standard InChI is InChI=1S/C16H12ClN3OS/c17-12-6-4-11(5-7-12)16-20-14(10-22-16)15(21)19-9-13-3-1-2-8-18-13/h1-8,10H,9H2,(H,19,21). The monoisotopic (exact) mass is 329 g/mol. The number of halogens is 1. The summed E-state index contributed by atoms with van der Waals surface area (Å²) in [6, 6.07) is 13.0. The molecular formula is C16H12ClN3OS. The Morgan fingerprint density at radius 3 is 2.73 bits per heavy atom. The minimum absolute atomic E-state index is 0.206. The first-order valence-corrected chi connectivity index (χ1v) is 7.88. The molecular weight excluding hydrogens is 318 g/mol. The van der Waals surface area contributed by atoms with Crippen molar-refractivity contribution in [2.75, 3.05) is 0 Å². The van der Waals surface area contributed by atoms with E-state index in [-0.39, 0.29) is 5.91 Å². The maximum atomic E-state index is 12.1. The van der Waals surface area contributed by atoms with Crippen LogP contribution in [0.25, 0.3) is 10.6 Å². The summed E-state index contributed by atoms with van der Waals surface area (Å²) in [4.78, 5) is 20.6. The van der Waals surface area contributed by atoms with E-state index in [1.807, 2.05) is 30.3 Å². The molecule has 1 aromatic carbocycles. The van der Waals surface area contributed by atoms with Crippen LogP contribution in [-0.4, -0.2) is 15.9 Å². The number of carbonyl (C=O) groups is 1. The first kappa shape index (κ1) is 14.7. The highest BCUT2D eigenvalue weighted by molar-refractivity contribution is 7.13. The van der Waals surface area contributed by atoms with Crippen molar-refractivity contribution in [1.29, 1.82) is 0 Å². The summed E-state index contributed by atoms with van der Waals surface area (Å²) < 4.78 is 0. The molecule has 0 aliphatic carbocycles. The summed E-state index contributed by atoms with van der Waals surface area (Å²) in [5, 5.41) is 6.02. The van der Waals surface area contributed by atoms with Crippen molar-refractivity contribution in [3.63, 3.8) is 0 Å². The Morgan fingerprint density at radius 1 is 1.18 bits per heavy atom. The number of pyridine rings is 1. The van der Waals surface area contributed by atoms with Gasteiger partial charge in [0.15, 0.2) is 0 Å². The molecule has 1 N–H and O–H groups in total. The third-order valence-electron chi connectivity index (χ3n) is 2.98. The predicted octanol–water partition coefficient (Wildman–Crippen LogP) is 3.79. The van der Waals surface area contributed by atoms with Crippen LogP contribution in [0.5, 0.6) is 0 Å². The Hall–Kier alpha value is -2.24. The number of aromatic nitrogens is 2. The highest BCUT2D eigenvalue weighted by Gasteiger charge is 2.11. The quantitative estimate of drug-likeness (QED) is 0.792. The Kier molecular flexibility index (Phi) is 4.46. The van der Waals surface area contributed by atoms with Gasteiger partial charge in [0.1, 0.15) is 10.7 Å². The zero-order valence-electron chi connectivity index (χ0n) is 11.5. The van der Waals surface area contributed by atoms with Crippen LogP contribution in [0.3, 0.4) is 0 Å². The van der Waals surface area contributed by atoms with Gasteiger partial charge in [-0.3, -0.25) is 9.78 Å². The second-order valence-corrected chi connectivity index (χ2v) is 5.84. The van der Waals surface area contributed by atoms with Crippen molar-refractivity contribution in [2.45, 2.75) is 6.54 Å². The molecule has 3 aromatic rings. The SMILES string of the molecule is O=C(NCc1ccccn1)c1csc(-c2ccc(Cl)cc2)n1. The third kappa shape index (κ3) is 3.50. The van der Waals surface area contributed by atoms with Crippen molar-refractivity contribution in [3.8, 4) is 10.6 Å². The number of nitrogens with one attached hydrogen (secondary N) is 1. The molecule has 6 heteroatoms. The summed E-state index contributed by atoms with van der Waals surface area (Å²) in [7, 11) is 0. The Morgan fingerprint density at radius 2 is 2.00 bits per heavy atom. The lowest BCUT2D eigenvalue weighted by molar-refractivity contribution is 0.0946. The van der Waals surface area contributed by atoms with Gasteiger partial charge in [-0.15, -0.1) is 11.3 Å². The molecule has 0 unspecified atom stereocenters. The van der Waals surface area contributed by atoms with E-state index in [1.54, 1.807) is 23.7 Å². The average Bonchev–Trinajstić information content (AvgIpc) is 3.04. The molecule has 0 atom stereocenters. The van der Waals surface area contributed by atoms with Crippen molar-refractivity contribution < 1.29 is 4.79 Å². The number of amides is 1. The van der Waals surface area contributed by atoms with Gasteiger partial charge in [0, 0.05) is 22.2 Å². The van der Waals surface area contributed by atoms with Crippen LogP contribution in [0, 0.1) is 0 Å². The van der Waals surface area contributed by atoms with Crippen LogP contribution < -0.4 is 5.32 Å². The fraction of sp³-hybridized carbons (Fsp3) is 0.0625. The average molecular weight is 330 g/mol. The van der Waals surface area contributed by atoms with Gasteiger partial charge in [0.05, 0.1) is 12.2 Å². The molecule has 0 radical (unpaired) electrons. The van der Waals surface area contributed by atoms with Gasteiger partial charge in [-0.25, -0.2) is 4.98 Å². The summed E-state index contributed by atoms with van der Waals surface area (Å²) >= 11 is 7.30. The maximum absolute atomic E-state index is 12.1. The number of hydrogen-bond acceptors (Lipinski definition) is 4.